The first kappa shape index (κ1) is 10.4. The molecule has 0 radical (unpaired) electrons. The van der Waals surface area contributed by atoms with E-state index in [1.165, 1.54) is 5.56 Å². The van der Waals surface area contributed by atoms with Crippen molar-refractivity contribution in [1.29, 1.82) is 5.26 Å². The summed E-state index contributed by atoms with van der Waals surface area (Å²) in [6, 6.07) is 9.79. The third kappa shape index (κ3) is 2.96. The summed E-state index contributed by atoms with van der Waals surface area (Å²) in [5.74, 6) is 6.40. The standard InChI is InChI=1S/C13H13N/c1-3-4-11(2)9-12-5-7-13(10-14)8-6-12/h5-8,11H,9H2,1-2H3. The Morgan fingerprint density at radius 3 is 2.43 bits per heavy atom. The molecule has 0 fully saturated rings. The van der Waals surface area contributed by atoms with Gasteiger partial charge in [-0.3, -0.25) is 0 Å². The zero-order chi connectivity index (χ0) is 10.4. The Morgan fingerprint density at radius 1 is 1.29 bits per heavy atom. The van der Waals surface area contributed by atoms with Gasteiger partial charge in [-0.1, -0.05) is 19.1 Å². The van der Waals surface area contributed by atoms with Crippen molar-refractivity contribution in [3.05, 3.63) is 35.4 Å². The smallest absolute Gasteiger partial charge is 0.0991 e. The molecule has 1 atom stereocenters. The van der Waals surface area contributed by atoms with Crippen molar-refractivity contribution in [2.45, 2.75) is 20.3 Å². The van der Waals surface area contributed by atoms with E-state index in [1.54, 1.807) is 0 Å². The second-order valence-electron chi connectivity index (χ2n) is 3.31. The normalized spacial score (nSPS) is 10.9. The van der Waals surface area contributed by atoms with Gasteiger partial charge in [0, 0.05) is 5.92 Å². The minimum Gasteiger partial charge on any atom is -0.192 e. The molecule has 1 unspecified atom stereocenters. The van der Waals surface area contributed by atoms with Gasteiger partial charge in [-0.2, -0.15) is 5.26 Å². The topological polar surface area (TPSA) is 23.8 Å². The van der Waals surface area contributed by atoms with E-state index in [0.29, 0.717) is 11.5 Å². The van der Waals surface area contributed by atoms with E-state index < -0.39 is 0 Å². The van der Waals surface area contributed by atoms with Gasteiger partial charge >= 0.3 is 0 Å². The van der Waals surface area contributed by atoms with Crippen molar-refractivity contribution >= 4 is 0 Å². The quantitative estimate of drug-likeness (QED) is 0.647. The van der Waals surface area contributed by atoms with Gasteiger partial charge in [0.25, 0.3) is 0 Å². The monoisotopic (exact) mass is 183 g/mol. The molecule has 1 aromatic rings. The van der Waals surface area contributed by atoms with Crippen LogP contribution < -0.4 is 0 Å². The van der Waals surface area contributed by atoms with Crippen molar-refractivity contribution in [3.8, 4) is 17.9 Å². The highest BCUT2D eigenvalue weighted by atomic mass is 14.2. The Bertz CT molecular complexity index is 384. The molecular formula is C13H13N. The lowest BCUT2D eigenvalue weighted by Gasteiger charge is -2.03. The molecule has 0 aliphatic carbocycles. The third-order valence-corrected chi connectivity index (χ3v) is 2.02. The van der Waals surface area contributed by atoms with Gasteiger partial charge in [0.2, 0.25) is 0 Å². The first-order valence-electron chi connectivity index (χ1n) is 4.67. The second-order valence-corrected chi connectivity index (χ2v) is 3.31. The van der Waals surface area contributed by atoms with Crippen LogP contribution in [0.5, 0.6) is 0 Å². The van der Waals surface area contributed by atoms with Crippen LogP contribution in [0.2, 0.25) is 0 Å². The lowest BCUT2D eigenvalue weighted by Crippen LogP contribution is -1.96. The van der Waals surface area contributed by atoms with E-state index >= 15 is 0 Å². The van der Waals surface area contributed by atoms with Crippen LogP contribution in [0.15, 0.2) is 24.3 Å². The maximum absolute atomic E-state index is 8.62. The lowest BCUT2D eigenvalue weighted by atomic mass is 10.0. The number of benzene rings is 1. The fourth-order valence-corrected chi connectivity index (χ4v) is 1.37. The Morgan fingerprint density at radius 2 is 1.93 bits per heavy atom. The average molecular weight is 183 g/mol. The van der Waals surface area contributed by atoms with E-state index in [9.17, 15) is 0 Å². The molecule has 1 aromatic carbocycles. The summed E-state index contributed by atoms with van der Waals surface area (Å²) >= 11 is 0. The van der Waals surface area contributed by atoms with Crippen molar-refractivity contribution in [2.75, 3.05) is 0 Å². The lowest BCUT2D eigenvalue weighted by molar-refractivity contribution is 0.750. The SMILES string of the molecule is CC#CC(C)Cc1ccc(C#N)cc1. The molecule has 0 saturated carbocycles. The van der Waals surface area contributed by atoms with Gasteiger partial charge in [0.1, 0.15) is 0 Å². The Kier molecular flexibility index (Phi) is 3.77. The van der Waals surface area contributed by atoms with Crippen LogP contribution in [-0.4, -0.2) is 0 Å². The van der Waals surface area contributed by atoms with Crippen LogP contribution >= 0.6 is 0 Å². The molecule has 1 rings (SSSR count). The molecule has 0 aliphatic rings. The predicted molar refractivity (Wildman–Crippen MR) is 57.5 cm³/mol. The van der Waals surface area contributed by atoms with Crippen LogP contribution in [0.4, 0.5) is 0 Å². The molecule has 0 heterocycles. The summed E-state index contributed by atoms with van der Waals surface area (Å²) in [6.45, 7) is 3.96. The predicted octanol–water partition coefficient (Wildman–Crippen LogP) is 2.76. The van der Waals surface area contributed by atoms with Crippen molar-refractivity contribution < 1.29 is 0 Å². The highest BCUT2D eigenvalue weighted by Crippen LogP contribution is 2.09. The Hall–Kier alpha value is -1.73. The molecule has 0 aliphatic heterocycles. The zero-order valence-corrected chi connectivity index (χ0v) is 8.54. The largest absolute Gasteiger partial charge is 0.192 e. The fraction of sp³-hybridized carbons (Fsp3) is 0.308. The average Bonchev–Trinajstić information content (AvgIpc) is 2.19. The fourth-order valence-electron chi connectivity index (χ4n) is 1.37. The third-order valence-electron chi connectivity index (χ3n) is 2.02. The van der Waals surface area contributed by atoms with E-state index in [1.807, 2.05) is 31.2 Å². The molecule has 1 nitrogen and oxygen atoms in total. The summed E-state index contributed by atoms with van der Waals surface area (Å²) in [7, 11) is 0. The van der Waals surface area contributed by atoms with Gasteiger partial charge in [-0.25, -0.2) is 0 Å². The number of hydrogen-bond acceptors (Lipinski definition) is 1. The van der Waals surface area contributed by atoms with Crippen LogP contribution in [-0.2, 0) is 6.42 Å². The summed E-state index contributed by atoms with van der Waals surface area (Å²) in [6.07, 6.45) is 0.951. The van der Waals surface area contributed by atoms with Gasteiger partial charge < -0.3 is 0 Å². The first-order chi connectivity index (χ1) is 6.76. The van der Waals surface area contributed by atoms with Crippen LogP contribution in [0.3, 0.4) is 0 Å². The van der Waals surface area contributed by atoms with Crippen LogP contribution in [0.25, 0.3) is 0 Å². The van der Waals surface area contributed by atoms with Crippen molar-refractivity contribution in [3.63, 3.8) is 0 Å². The number of nitrogens with zero attached hydrogens (tertiary/aromatic N) is 1. The second kappa shape index (κ2) is 5.10. The molecule has 0 N–H and O–H groups in total. The highest BCUT2D eigenvalue weighted by molar-refractivity contribution is 5.32. The van der Waals surface area contributed by atoms with E-state index in [4.69, 9.17) is 5.26 Å². The molecule has 0 saturated heterocycles. The summed E-state index contributed by atoms with van der Waals surface area (Å²) in [5.41, 5.74) is 1.95. The maximum Gasteiger partial charge on any atom is 0.0991 e. The maximum atomic E-state index is 8.62. The summed E-state index contributed by atoms with van der Waals surface area (Å²) in [4.78, 5) is 0. The number of hydrogen-bond donors (Lipinski definition) is 0. The molecule has 0 spiro atoms. The molecule has 1 heteroatoms. The molecule has 0 aromatic heterocycles. The Labute approximate surface area is 85.4 Å². The highest BCUT2D eigenvalue weighted by Gasteiger charge is 1.99. The number of rotatable bonds is 2. The molecular weight excluding hydrogens is 170 g/mol. The zero-order valence-electron chi connectivity index (χ0n) is 8.54. The Balaban J connectivity index is 2.68. The molecule has 0 bridgehead atoms. The van der Waals surface area contributed by atoms with Crippen molar-refractivity contribution in [1.82, 2.24) is 0 Å². The van der Waals surface area contributed by atoms with Gasteiger partial charge in [-0.05, 0) is 31.0 Å². The van der Waals surface area contributed by atoms with E-state index in [0.717, 1.165) is 6.42 Å². The van der Waals surface area contributed by atoms with Gasteiger partial charge in [0.05, 0.1) is 11.6 Å². The van der Waals surface area contributed by atoms with E-state index in [-0.39, 0.29) is 0 Å². The summed E-state index contributed by atoms with van der Waals surface area (Å²) in [5, 5.41) is 8.62. The molecule has 70 valence electrons. The molecule has 14 heavy (non-hydrogen) atoms. The van der Waals surface area contributed by atoms with E-state index in [2.05, 4.69) is 24.8 Å². The van der Waals surface area contributed by atoms with Crippen molar-refractivity contribution in [2.24, 2.45) is 5.92 Å². The van der Waals surface area contributed by atoms with Crippen LogP contribution in [0.1, 0.15) is 25.0 Å². The minimum absolute atomic E-state index is 0.382. The summed E-state index contributed by atoms with van der Waals surface area (Å²) < 4.78 is 0. The van der Waals surface area contributed by atoms with Gasteiger partial charge in [-0.15, -0.1) is 11.8 Å². The molecule has 0 amide bonds. The minimum atomic E-state index is 0.382. The van der Waals surface area contributed by atoms with Gasteiger partial charge in [0.15, 0.2) is 0 Å². The van der Waals surface area contributed by atoms with Crippen LogP contribution in [0, 0.1) is 29.1 Å². The number of nitriles is 1. The first-order valence-corrected chi connectivity index (χ1v) is 4.67.